The SMILES string of the molecule is Cc1nc(C(=O)N(C)C(C)c2ccc(S(C)(=O)=O)cc2)cs1. The third kappa shape index (κ3) is 3.53. The number of aryl methyl sites for hydroxylation is 1. The van der Waals surface area contributed by atoms with Gasteiger partial charge in [0.25, 0.3) is 5.91 Å². The Kier molecular flexibility index (Phi) is 4.67. The largest absolute Gasteiger partial charge is 0.334 e. The predicted molar refractivity (Wildman–Crippen MR) is 86.9 cm³/mol. The van der Waals surface area contributed by atoms with Crippen LogP contribution >= 0.6 is 11.3 Å². The van der Waals surface area contributed by atoms with E-state index in [-0.39, 0.29) is 16.8 Å². The summed E-state index contributed by atoms with van der Waals surface area (Å²) < 4.78 is 22.9. The molecule has 1 heterocycles. The van der Waals surface area contributed by atoms with Gasteiger partial charge < -0.3 is 4.90 Å². The van der Waals surface area contributed by atoms with Crippen molar-refractivity contribution in [1.29, 1.82) is 0 Å². The molecule has 0 saturated heterocycles. The van der Waals surface area contributed by atoms with Crippen LogP contribution in [0.5, 0.6) is 0 Å². The summed E-state index contributed by atoms with van der Waals surface area (Å²) >= 11 is 1.44. The fourth-order valence-electron chi connectivity index (χ4n) is 2.04. The van der Waals surface area contributed by atoms with Crippen LogP contribution < -0.4 is 0 Å². The second-order valence-electron chi connectivity index (χ2n) is 5.18. The molecule has 0 aliphatic heterocycles. The molecule has 5 nitrogen and oxygen atoms in total. The van der Waals surface area contributed by atoms with E-state index in [0.717, 1.165) is 10.6 Å². The van der Waals surface area contributed by atoms with Gasteiger partial charge in [0.2, 0.25) is 0 Å². The van der Waals surface area contributed by atoms with Gasteiger partial charge in [-0.2, -0.15) is 0 Å². The van der Waals surface area contributed by atoms with E-state index in [2.05, 4.69) is 4.98 Å². The van der Waals surface area contributed by atoms with E-state index < -0.39 is 9.84 Å². The molecule has 0 fully saturated rings. The van der Waals surface area contributed by atoms with Crippen LogP contribution in [0.1, 0.15) is 34.0 Å². The first-order chi connectivity index (χ1) is 10.2. The molecule has 0 spiro atoms. The summed E-state index contributed by atoms with van der Waals surface area (Å²) in [6.45, 7) is 3.75. The number of rotatable bonds is 4. The van der Waals surface area contributed by atoms with Crippen LogP contribution in [0.25, 0.3) is 0 Å². The summed E-state index contributed by atoms with van der Waals surface area (Å²) in [4.78, 5) is 18.4. The van der Waals surface area contributed by atoms with Crippen LogP contribution in [0.15, 0.2) is 34.5 Å². The van der Waals surface area contributed by atoms with Gasteiger partial charge >= 0.3 is 0 Å². The number of amides is 1. The summed E-state index contributed by atoms with van der Waals surface area (Å²) in [7, 11) is -1.50. The van der Waals surface area contributed by atoms with Crippen molar-refractivity contribution in [2.24, 2.45) is 0 Å². The first-order valence-corrected chi connectivity index (χ1v) is 9.46. The molecule has 0 bridgehead atoms. The second-order valence-corrected chi connectivity index (χ2v) is 8.26. The van der Waals surface area contributed by atoms with Crippen LogP contribution in [0, 0.1) is 6.92 Å². The van der Waals surface area contributed by atoms with E-state index in [9.17, 15) is 13.2 Å². The molecule has 22 heavy (non-hydrogen) atoms. The maximum absolute atomic E-state index is 12.4. The molecule has 1 atom stereocenters. The first kappa shape index (κ1) is 16.6. The lowest BCUT2D eigenvalue weighted by atomic mass is 10.1. The van der Waals surface area contributed by atoms with E-state index in [1.807, 2.05) is 13.8 Å². The van der Waals surface area contributed by atoms with E-state index in [1.165, 1.54) is 17.6 Å². The number of aromatic nitrogens is 1. The lowest BCUT2D eigenvalue weighted by molar-refractivity contribution is 0.0737. The van der Waals surface area contributed by atoms with Crippen molar-refractivity contribution in [2.75, 3.05) is 13.3 Å². The maximum Gasteiger partial charge on any atom is 0.273 e. The van der Waals surface area contributed by atoms with Gasteiger partial charge in [0.05, 0.1) is 15.9 Å². The number of benzene rings is 1. The number of hydrogen-bond acceptors (Lipinski definition) is 5. The average Bonchev–Trinajstić information content (AvgIpc) is 2.90. The fraction of sp³-hybridized carbons (Fsp3) is 0.333. The highest BCUT2D eigenvalue weighted by Crippen LogP contribution is 2.22. The van der Waals surface area contributed by atoms with Crippen LogP contribution in [-0.2, 0) is 9.84 Å². The van der Waals surface area contributed by atoms with Crippen molar-refractivity contribution < 1.29 is 13.2 Å². The van der Waals surface area contributed by atoms with E-state index in [0.29, 0.717) is 5.69 Å². The van der Waals surface area contributed by atoms with Crippen molar-refractivity contribution in [1.82, 2.24) is 9.88 Å². The number of thiazole rings is 1. The molecule has 0 aliphatic carbocycles. The van der Waals surface area contributed by atoms with Crippen LogP contribution in [0.4, 0.5) is 0 Å². The minimum atomic E-state index is -3.21. The lowest BCUT2D eigenvalue weighted by Crippen LogP contribution is -2.29. The number of carbonyl (C=O) groups is 1. The van der Waals surface area contributed by atoms with E-state index in [4.69, 9.17) is 0 Å². The normalized spacial score (nSPS) is 12.9. The standard InChI is InChI=1S/C15H18N2O3S2/c1-10(12-5-7-13(8-6-12)22(4,19)20)17(3)15(18)14-9-21-11(2)16-14/h5-10H,1-4H3. The summed E-state index contributed by atoms with van der Waals surface area (Å²) in [5.41, 5.74) is 1.31. The molecular formula is C15H18N2O3S2. The van der Waals surface area contributed by atoms with Crippen molar-refractivity contribution in [3.63, 3.8) is 0 Å². The Morgan fingerprint density at radius 3 is 2.32 bits per heavy atom. The zero-order chi connectivity index (χ0) is 16.5. The Morgan fingerprint density at radius 1 is 1.27 bits per heavy atom. The highest BCUT2D eigenvalue weighted by atomic mass is 32.2. The fourth-order valence-corrected chi connectivity index (χ4v) is 3.25. The van der Waals surface area contributed by atoms with Crippen LogP contribution in [0.2, 0.25) is 0 Å². The molecule has 118 valence electrons. The number of nitrogens with zero attached hydrogens (tertiary/aromatic N) is 2. The first-order valence-electron chi connectivity index (χ1n) is 6.69. The Morgan fingerprint density at radius 2 is 1.86 bits per heavy atom. The summed E-state index contributed by atoms with van der Waals surface area (Å²) in [5.74, 6) is -0.149. The monoisotopic (exact) mass is 338 g/mol. The maximum atomic E-state index is 12.4. The molecule has 0 saturated carbocycles. The smallest absolute Gasteiger partial charge is 0.273 e. The van der Waals surface area contributed by atoms with Crippen molar-refractivity contribution in [2.45, 2.75) is 24.8 Å². The predicted octanol–water partition coefficient (Wildman–Crippen LogP) is 2.69. The molecule has 0 N–H and O–H groups in total. The summed E-state index contributed by atoms with van der Waals surface area (Å²) in [6, 6.07) is 6.41. The van der Waals surface area contributed by atoms with Crippen LogP contribution in [-0.4, -0.2) is 37.5 Å². The molecule has 1 amide bonds. The minimum Gasteiger partial charge on any atom is -0.334 e. The Labute approximate surface area is 134 Å². The van der Waals surface area contributed by atoms with Gasteiger partial charge in [-0.25, -0.2) is 13.4 Å². The second kappa shape index (κ2) is 6.18. The van der Waals surface area contributed by atoms with Gasteiger partial charge in [0, 0.05) is 18.7 Å². The Hall–Kier alpha value is -1.73. The van der Waals surface area contributed by atoms with Crippen molar-refractivity contribution in [3.8, 4) is 0 Å². The van der Waals surface area contributed by atoms with Crippen LogP contribution in [0.3, 0.4) is 0 Å². The quantitative estimate of drug-likeness (QED) is 0.859. The zero-order valence-electron chi connectivity index (χ0n) is 12.9. The number of sulfone groups is 1. The average molecular weight is 338 g/mol. The molecule has 1 unspecified atom stereocenters. The van der Waals surface area contributed by atoms with Gasteiger partial charge in [0.15, 0.2) is 9.84 Å². The summed E-state index contributed by atoms with van der Waals surface area (Å²) in [5, 5.41) is 2.59. The number of carbonyl (C=O) groups excluding carboxylic acids is 1. The number of hydrogen-bond donors (Lipinski definition) is 0. The molecular weight excluding hydrogens is 320 g/mol. The molecule has 7 heteroatoms. The van der Waals surface area contributed by atoms with Gasteiger partial charge in [-0.05, 0) is 31.5 Å². The minimum absolute atomic E-state index is 0.149. The van der Waals surface area contributed by atoms with E-state index >= 15 is 0 Å². The third-order valence-corrected chi connectivity index (χ3v) is 5.43. The summed E-state index contributed by atoms with van der Waals surface area (Å²) in [6.07, 6.45) is 1.17. The van der Waals surface area contributed by atoms with Gasteiger partial charge in [0.1, 0.15) is 5.69 Å². The highest BCUT2D eigenvalue weighted by molar-refractivity contribution is 7.90. The Balaban J connectivity index is 2.20. The topological polar surface area (TPSA) is 67.3 Å². The highest BCUT2D eigenvalue weighted by Gasteiger charge is 2.21. The molecule has 1 aromatic heterocycles. The van der Waals surface area contributed by atoms with E-state index in [1.54, 1.807) is 41.6 Å². The molecule has 2 rings (SSSR count). The third-order valence-electron chi connectivity index (χ3n) is 3.53. The molecule has 0 radical (unpaired) electrons. The lowest BCUT2D eigenvalue weighted by Gasteiger charge is -2.24. The Bertz CT molecular complexity index is 779. The van der Waals surface area contributed by atoms with Gasteiger partial charge in [-0.15, -0.1) is 11.3 Å². The van der Waals surface area contributed by atoms with Gasteiger partial charge in [-0.1, -0.05) is 12.1 Å². The molecule has 1 aromatic carbocycles. The van der Waals surface area contributed by atoms with Crippen molar-refractivity contribution >= 4 is 27.1 Å². The van der Waals surface area contributed by atoms with Crippen molar-refractivity contribution in [3.05, 3.63) is 45.9 Å². The molecule has 0 aliphatic rings. The van der Waals surface area contributed by atoms with Gasteiger partial charge in [-0.3, -0.25) is 4.79 Å². The molecule has 2 aromatic rings. The zero-order valence-corrected chi connectivity index (χ0v) is 14.5.